The number of nitrogens with two attached hydrogens (primary N) is 2. The highest BCUT2D eigenvalue weighted by Gasteiger charge is 2.43. The number of rotatable bonds is 15. The van der Waals surface area contributed by atoms with Gasteiger partial charge in [-0.05, 0) is 109 Å². The Labute approximate surface area is 427 Å². The Morgan fingerprint density at radius 3 is 1.23 bits per heavy atom. The molecule has 0 saturated carbocycles. The summed E-state index contributed by atoms with van der Waals surface area (Å²) in [7, 11) is 0. The first kappa shape index (κ1) is 55.1. The summed E-state index contributed by atoms with van der Waals surface area (Å²) in [6.07, 6.45) is -1.10. The van der Waals surface area contributed by atoms with E-state index in [0.29, 0.717) is 36.8 Å². The van der Waals surface area contributed by atoms with E-state index in [9.17, 15) is 38.4 Å². The molecule has 3 fully saturated rings. The van der Waals surface area contributed by atoms with E-state index >= 15 is 0 Å². The number of amides is 8. The first-order valence-electron chi connectivity index (χ1n) is 25.3. The second-order valence-corrected chi connectivity index (χ2v) is 21.2. The quantitative estimate of drug-likeness (QED) is 0.0950. The van der Waals surface area contributed by atoms with E-state index in [2.05, 4.69) is 71.6 Å². The van der Waals surface area contributed by atoms with Gasteiger partial charge in [-0.1, -0.05) is 98.7 Å². The predicted octanol–water partition coefficient (Wildman–Crippen LogP) is 6.08. The number of primary amides is 2. The maximum Gasteiger partial charge on any atom is 0.405 e. The van der Waals surface area contributed by atoms with Crippen molar-refractivity contribution in [1.29, 1.82) is 0 Å². The highest BCUT2D eigenvalue weighted by molar-refractivity contribution is 5.98. The highest BCUT2D eigenvalue weighted by atomic mass is 16.6. The summed E-state index contributed by atoms with van der Waals surface area (Å²) in [5, 5.41) is 0. The number of carbonyl (C=O) groups is 8. The number of hydrogen-bond acceptors (Lipinski definition) is 11. The van der Waals surface area contributed by atoms with E-state index in [0.717, 1.165) is 29.7 Å². The van der Waals surface area contributed by atoms with E-state index < -0.39 is 71.9 Å². The molecule has 0 aliphatic carbocycles. The molecule has 3 aliphatic heterocycles. The molecule has 394 valence electrons. The Kier molecular flexibility index (Phi) is 17.8. The van der Waals surface area contributed by atoms with Gasteiger partial charge in [0.2, 0.25) is 0 Å². The van der Waals surface area contributed by atoms with Gasteiger partial charge in [0.1, 0.15) is 12.1 Å². The molecule has 4 unspecified atom stereocenters. The normalized spacial score (nSPS) is 20.5. The van der Waals surface area contributed by atoms with Crippen molar-refractivity contribution in [3.05, 3.63) is 101 Å². The Morgan fingerprint density at radius 2 is 0.904 bits per heavy atom. The fraction of sp³-hybridized carbons (Fsp3) is 0.519. The number of nitrogens with zero attached hydrogens (tertiary/aromatic N) is 3. The topological polar surface area (TPSA) is 265 Å². The molecule has 3 aliphatic rings. The van der Waals surface area contributed by atoms with Gasteiger partial charge in [-0.15, -0.1) is 0 Å². The van der Waals surface area contributed by atoms with Crippen LogP contribution in [0.3, 0.4) is 0 Å². The van der Waals surface area contributed by atoms with Crippen molar-refractivity contribution >= 4 is 53.3 Å². The molecule has 0 aromatic heterocycles. The van der Waals surface area contributed by atoms with Crippen molar-refractivity contribution in [2.24, 2.45) is 35.1 Å². The van der Waals surface area contributed by atoms with Crippen molar-refractivity contribution in [2.45, 2.75) is 143 Å². The van der Waals surface area contributed by atoms with Crippen molar-refractivity contribution in [3.8, 4) is 0 Å². The third-order valence-corrected chi connectivity index (χ3v) is 14.8. The maximum absolute atomic E-state index is 13.6. The van der Waals surface area contributed by atoms with Crippen LogP contribution in [0, 0.1) is 23.7 Å². The third-order valence-electron chi connectivity index (χ3n) is 14.8. The molecule has 3 heterocycles. The molecule has 8 N–H and O–H groups in total. The van der Waals surface area contributed by atoms with Gasteiger partial charge in [0, 0.05) is 41.7 Å². The largest absolute Gasteiger partial charge is 0.436 e. The van der Waals surface area contributed by atoms with Crippen LogP contribution >= 0.6 is 0 Å². The van der Waals surface area contributed by atoms with Crippen molar-refractivity contribution in [3.63, 3.8) is 0 Å². The Balaban J connectivity index is 1.12. The van der Waals surface area contributed by atoms with Crippen LogP contribution in [0.5, 0.6) is 0 Å². The Bertz CT molecular complexity index is 2350. The molecule has 3 aromatic carbocycles. The number of benzene rings is 3. The molecule has 0 spiro atoms. The molecule has 19 nitrogen and oxygen atoms in total. The molecule has 3 aromatic rings. The molecule has 8 amide bonds. The molecule has 0 bridgehead atoms. The number of ether oxygens (including phenoxy) is 2. The molecule has 73 heavy (non-hydrogen) atoms. The average Bonchev–Trinajstić information content (AvgIpc) is 4.16. The molecule has 3 saturated heterocycles. The lowest BCUT2D eigenvalue weighted by Gasteiger charge is -2.34. The summed E-state index contributed by atoms with van der Waals surface area (Å²) in [6.45, 7) is 18.2. The van der Waals surface area contributed by atoms with Gasteiger partial charge in [0.15, 0.2) is 12.2 Å². The number of hydrazine groups is 2. The van der Waals surface area contributed by atoms with Crippen molar-refractivity contribution in [1.82, 2.24) is 31.5 Å². The molecule has 8 atom stereocenters. The summed E-state index contributed by atoms with van der Waals surface area (Å²) >= 11 is 0. The van der Waals surface area contributed by atoms with Gasteiger partial charge in [-0.2, -0.15) is 0 Å². The smallest absolute Gasteiger partial charge is 0.405 e. The third kappa shape index (κ3) is 13.1. The zero-order valence-electron chi connectivity index (χ0n) is 43.4. The summed E-state index contributed by atoms with van der Waals surface area (Å²) < 4.78 is 10.4. The first-order chi connectivity index (χ1) is 34.5. The average molecular weight is 1010 g/mol. The van der Waals surface area contributed by atoms with Crippen LogP contribution in [0.2, 0.25) is 0 Å². The van der Waals surface area contributed by atoms with E-state index in [1.807, 2.05) is 52.0 Å². The Morgan fingerprint density at radius 1 is 0.534 bits per heavy atom. The molecule has 0 radical (unpaired) electrons. The van der Waals surface area contributed by atoms with Crippen LogP contribution in [0.4, 0.5) is 15.3 Å². The summed E-state index contributed by atoms with van der Waals surface area (Å²) in [5.74, 6) is -4.00. The zero-order chi connectivity index (χ0) is 53.5. The van der Waals surface area contributed by atoms with Gasteiger partial charge >= 0.3 is 12.2 Å². The van der Waals surface area contributed by atoms with Gasteiger partial charge in [0.25, 0.3) is 35.4 Å². The number of likely N-dealkylation sites (tertiary alicyclic amines) is 2. The van der Waals surface area contributed by atoms with Crippen LogP contribution < -0.4 is 38.1 Å². The van der Waals surface area contributed by atoms with E-state index in [4.69, 9.17) is 20.9 Å². The Hall–Kier alpha value is -7.18. The SMILES string of the molecule is CC(C)C(C)[C@H](OC(N)=O)C(=O)N1CCC[C@H]1C(=O)NNC(=O)c1ccc(C2CCC(c3ccc(C(=O)NNC(=O)[C@@H]4CCCN4C(=O)[C@@H](OC(N)=O)C(C)C(C)C)cc3)N2c2ccc(C(C)(C)C)cc2)cc1. The monoisotopic (exact) mass is 1010 g/mol. The van der Waals surface area contributed by atoms with E-state index in [1.165, 1.54) is 15.4 Å². The van der Waals surface area contributed by atoms with Crippen molar-refractivity contribution in [2.75, 3.05) is 18.0 Å². The standard InChI is InChI=1S/C54H73N9O10/c1-30(2)32(5)44(72-52(55)70)50(68)61-28-10-12-42(61)48(66)59-57-46(64)36-18-14-34(15-19-36)40-26-27-41(63(40)39-24-22-38(23-25-39)54(7,8)9)35-16-20-37(21-17-35)47(65)58-60-49(67)43-13-11-29-62(43)51(69)45(73-53(56)71)33(6)31(3)4/h14-25,30-33,40-45H,10-13,26-29H2,1-9H3,(H2,55,70)(H2,56,71)(H,57,64)(H,58,65)(H,59,66)(H,60,67)/t32?,33?,40?,41?,42-,43-,44-,45-/m0/s1. The lowest BCUT2D eigenvalue weighted by molar-refractivity contribution is -0.148. The fourth-order valence-corrected chi connectivity index (χ4v) is 9.87. The number of anilines is 1. The molecular weight excluding hydrogens is 935 g/mol. The minimum atomic E-state index is -1.15. The predicted molar refractivity (Wildman–Crippen MR) is 273 cm³/mol. The zero-order valence-corrected chi connectivity index (χ0v) is 43.4. The molecule has 19 heteroatoms. The van der Waals surface area contributed by atoms with Crippen LogP contribution in [0.15, 0.2) is 72.8 Å². The van der Waals surface area contributed by atoms with E-state index in [-0.39, 0.29) is 54.3 Å². The maximum atomic E-state index is 13.6. The number of carbonyl (C=O) groups excluding carboxylic acids is 8. The summed E-state index contributed by atoms with van der Waals surface area (Å²) in [6, 6.07) is 20.9. The lowest BCUT2D eigenvalue weighted by Crippen LogP contribution is -2.54. The minimum Gasteiger partial charge on any atom is -0.436 e. The van der Waals surface area contributed by atoms with Crippen molar-refractivity contribution < 1.29 is 47.8 Å². The van der Waals surface area contributed by atoms with Gasteiger partial charge in [-0.25, -0.2) is 9.59 Å². The van der Waals surface area contributed by atoms with Gasteiger partial charge in [0.05, 0.1) is 12.1 Å². The molecular formula is C54H73N9O10. The van der Waals surface area contributed by atoms with Crippen LogP contribution in [0.25, 0.3) is 0 Å². The second-order valence-electron chi connectivity index (χ2n) is 21.2. The first-order valence-corrected chi connectivity index (χ1v) is 25.3. The number of nitrogens with one attached hydrogen (secondary N) is 4. The summed E-state index contributed by atoms with van der Waals surface area (Å²) in [5.41, 5.74) is 25.2. The van der Waals surface area contributed by atoms with Crippen LogP contribution in [-0.4, -0.2) is 94.8 Å². The highest BCUT2D eigenvalue weighted by Crippen LogP contribution is 2.47. The van der Waals surface area contributed by atoms with Crippen LogP contribution in [-0.2, 0) is 34.1 Å². The van der Waals surface area contributed by atoms with Gasteiger partial charge in [-0.3, -0.25) is 50.5 Å². The van der Waals surface area contributed by atoms with Gasteiger partial charge < -0.3 is 35.6 Å². The molecule has 6 rings (SSSR count). The second kappa shape index (κ2) is 23.6. The van der Waals surface area contributed by atoms with Crippen LogP contribution in [0.1, 0.15) is 150 Å². The fourth-order valence-electron chi connectivity index (χ4n) is 9.87. The lowest BCUT2D eigenvalue weighted by atomic mass is 9.87. The number of hydrogen-bond donors (Lipinski definition) is 6. The minimum absolute atomic E-state index is 0.0122. The van der Waals surface area contributed by atoms with E-state index in [1.54, 1.807) is 38.1 Å². The summed E-state index contributed by atoms with van der Waals surface area (Å²) in [4.78, 5) is 109.